The van der Waals surface area contributed by atoms with Crippen LogP contribution in [0, 0.1) is 0 Å². The molecule has 0 aliphatic rings. The number of H-pyrrole nitrogens is 1. The van der Waals surface area contributed by atoms with E-state index in [1.54, 1.807) is 6.92 Å². The molecule has 0 unspecified atom stereocenters. The predicted molar refractivity (Wildman–Crippen MR) is 40.2 cm³/mol. The molecule has 0 saturated carbocycles. The minimum atomic E-state index is -0.494. The summed E-state index contributed by atoms with van der Waals surface area (Å²) in [6, 6.07) is 0. The number of esters is 1. The van der Waals surface area contributed by atoms with Gasteiger partial charge in [-0.3, -0.25) is 0 Å². The first kappa shape index (κ1) is 8.66. The van der Waals surface area contributed by atoms with Crippen LogP contribution in [0.4, 0.5) is 0 Å². The van der Waals surface area contributed by atoms with Crippen molar-refractivity contribution in [2.75, 3.05) is 6.61 Å². The Morgan fingerprint density at radius 2 is 2.42 bits per heavy atom. The van der Waals surface area contributed by atoms with Crippen LogP contribution in [0.5, 0.6) is 0 Å². The molecule has 1 aromatic rings. The SMILES string of the molecule is CCOC(=O)c1n[nH]nc1CN. The largest absolute Gasteiger partial charge is 0.461 e. The smallest absolute Gasteiger partial charge is 0.360 e. The van der Waals surface area contributed by atoms with Gasteiger partial charge in [-0.1, -0.05) is 0 Å². The number of hydrogen-bond acceptors (Lipinski definition) is 5. The summed E-state index contributed by atoms with van der Waals surface area (Å²) in [6.45, 7) is 2.21. The number of nitrogens with two attached hydrogens (primary N) is 1. The van der Waals surface area contributed by atoms with E-state index in [1.165, 1.54) is 0 Å². The van der Waals surface area contributed by atoms with Gasteiger partial charge < -0.3 is 10.5 Å². The fraction of sp³-hybridized carbons (Fsp3) is 0.500. The van der Waals surface area contributed by atoms with E-state index in [9.17, 15) is 4.79 Å². The molecule has 3 N–H and O–H groups in total. The van der Waals surface area contributed by atoms with Gasteiger partial charge in [0.05, 0.1) is 6.61 Å². The Labute approximate surface area is 69.1 Å². The van der Waals surface area contributed by atoms with Crippen LogP contribution >= 0.6 is 0 Å². The molecule has 0 amide bonds. The van der Waals surface area contributed by atoms with Gasteiger partial charge in [-0.2, -0.15) is 10.3 Å². The van der Waals surface area contributed by atoms with E-state index in [2.05, 4.69) is 15.4 Å². The van der Waals surface area contributed by atoms with Crippen molar-refractivity contribution < 1.29 is 9.53 Å². The number of nitrogens with zero attached hydrogens (tertiary/aromatic N) is 2. The van der Waals surface area contributed by atoms with Crippen LogP contribution in [0.3, 0.4) is 0 Å². The summed E-state index contributed by atoms with van der Waals surface area (Å²) in [4.78, 5) is 11.1. The number of nitrogens with one attached hydrogen (secondary N) is 1. The Morgan fingerprint density at radius 1 is 1.67 bits per heavy atom. The molecule has 0 bridgehead atoms. The average molecular weight is 170 g/mol. The Hall–Kier alpha value is -1.43. The highest BCUT2D eigenvalue weighted by Gasteiger charge is 2.15. The summed E-state index contributed by atoms with van der Waals surface area (Å²) in [5.41, 5.74) is 5.89. The summed E-state index contributed by atoms with van der Waals surface area (Å²) in [5.74, 6) is -0.494. The minimum Gasteiger partial charge on any atom is -0.461 e. The van der Waals surface area contributed by atoms with E-state index in [4.69, 9.17) is 10.5 Å². The number of aromatic amines is 1. The van der Waals surface area contributed by atoms with Gasteiger partial charge >= 0.3 is 5.97 Å². The molecule has 0 aromatic carbocycles. The normalized spacial score (nSPS) is 9.83. The first-order valence-corrected chi connectivity index (χ1v) is 3.56. The molecule has 0 aliphatic heterocycles. The molecule has 0 fully saturated rings. The van der Waals surface area contributed by atoms with Gasteiger partial charge in [0.1, 0.15) is 5.69 Å². The second-order valence-corrected chi connectivity index (χ2v) is 2.04. The second kappa shape index (κ2) is 3.82. The molecule has 12 heavy (non-hydrogen) atoms. The fourth-order valence-electron chi connectivity index (χ4n) is 0.758. The molecule has 0 aliphatic carbocycles. The van der Waals surface area contributed by atoms with Crippen molar-refractivity contribution in [2.45, 2.75) is 13.5 Å². The molecule has 0 atom stereocenters. The van der Waals surface area contributed by atoms with E-state index in [0.717, 1.165) is 0 Å². The molecule has 0 spiro atoms. The summed E-state index contributed by atoms with van der Waals surface area (Å²) < 4.78 is 4.71. The predicted octanol–water partition coefficient (Wildman–Crippen LogP) is -0.560. The van der Waals surface area contributed by atoms with Crippen molar-refractivity contribution in [3.63, 3.8) is 0 Å². The number of rotatable bonds is 3. The highest BCUT2D eigenvalue weighted by atomic mass is 16.5. The lowest BCUT2D eigenvalue weighted by molar-refractivity contribution is 0.0518. The third kappa shape index (κ3) is 1.59. The Morgan fingerprint density at radius 3 is 3.00 bits per heavy atom. The van der Waals surface area contributed by atoms with Crippen LogP contribution in [-0.4, -0.2) is 28.0 Å². The summed E-state index contributed by atoms with van der Waals surface area (Å²) in [5, 5.41) is 9.60. The van der Waals surface area contributed by atoms with Crippen molar-refractivity contribution >= 4 is 5.97 Å². The quantitative estimate of drug-likeness (QED) is 0.593. The Bertz CT molecular complexity index is 270. The van der Waals surface area contributed by atoms with Gasteiger partial charge in [-0.15, -0.1) is 5.10 Å². The molecule has 1 heterocycles. The molecular formula is C6H10N4O2. The maximum Gasteiger partial charge on any atom is 0.360 e. The lowest BCUT2D eigenvalue weighted by Crippen LogP contribution is -2.10. The van der Waals surface area contributed by atoms with Gasteiger partial charge in [0.15, 0.2) is 5.69 Å². The van der Waals surface area contributed by atoms with E-state index in [0.29, 0.717) is 12.3 Å². The van der Waals surface area contributed by atoms with Crippen LogP contribution in [0.25, 0.3) is 0 Å². The summed E-state index contributed by atoms with van der Waals surface area (Å²) in [6.07, 6.45) is 0. The van der Waals surface area contributed by atoms with Crippen LogP contribution in [0.1, 0.15) is 23.1 Å². The van der Waals surface area contributed by atoms with Crippen molar-refractivity contribution in [3.8, 4) is 0 Å². The first-order valence-electron chi connectivity index (χ1n) is 3.56. The zero-order valence-corrected chi connectivity index (χ0v) is 6.70. The van der Waals surface area contributed by atoms with E-state index >= 15 is 0 Å². The lowest BCUT2D eigenvalue weighted by atomic mass is 10.3. The standard InChI is InChI=1S/C6H10N4O2/c1-2-12-6(11)5-4(3-7)8-10-9-5/h2-3,7H2,1H3,(H,8,9,10). The van der Waals surface area contributed by atoms with Crippen LogP contribution in [-0.2, 0) is 11.3 Å². The third-order valence-electron chi connectivity index (χ3n) is 1.28. The molecule has 1 aromatic heterocycles. The zero-order valence-electron chi connectivity index (χ0n) is 6.70. The number of aromatic nitrogens is 3. The van der Waals surface area contributed by atoms with E-state index < -0.39 is 5.97 Å². The molecule has 1 rings (SSSR count). The van der Waals surface area contributed by atoms with Crippen molar-refractivity contribution in [3.05, 3.63) is 11.4 Å². The second-order valence-electron chi connectivity index (χ2n) is 2.04. The van der Waals surface area contributed by atoms with Gasteiger partial charge in [0.25, 0.3) is 0 Å². The number of ether oxygens (including phenoxy) is 1. The maximum atomic E-state index is 11.1. The average Bonchev–Trinajstić information content (AvgIpc) is 2.51. The van der Waals surface area contributed by atoms with Crippen LogP contribution in [0.2, 0.25) is 0 Å². The van der Waals surface area contributed by atoms with Gasteiger partial charge in [-0.25, -0.2) is 4.79 Å². The van der Waals surface area contributed by atoms with Crippen molar-refractivity contribution in [1.82, 2.24) is 15.4 Å². The highest BCUT2D eigenvalue weighted by Crippen LogP contribution is 2.01. The fourth-order valence-corrected chi connectivity index (χ4v) is 0.758. The summed E-state index contributed by atoms with van der Waals surface area (Å²) in [7, 11) is 0. The zero-order chi connectivity index (χ0) is 8.97. The number of hydrogen-bond donors (Lipinski definition) is 2. The first-order chi connectivity index (χ1) is 5.79. The van der Waals surface area contributed by atoms with E-state index in [1.807, 2.05) is 0 Å². The molecule has 66 valence electrons. The molecular weight excluding hydrogens is 160 g/mol. The van der Waals surface area contributed by atoms with Crippen LogP contribution < -0.4 is 5.73 Å². The molecule has 6 nitrogen and oxygen atoms in total. The monoisotopic (exact) mass is 170 g/mol. The summed E-state index contributed by atoms with van der Waals surface area (Å²) >= 11 is 0. The van der Waals surface area contributed by atoms with Gasteiger partial charge in [-0.05, 0) is 6.92 Å². The Kier molecular flexibility index (Phi) is 2.76. The molecule has 0 radical (unpaired) electrons. The van der Waals surface area contributed by atoms with Gasteiger partial charge in [0.2, 0.25) is 0 Å². The Balaban J connectivity index is 2.79. The van der Waals surface area contributed by atoms with Crippen molar-refractivity contribution in [1.29, 1.82) is 0 Å². The molecule has 6 heteroatoms. The van der Waals surface area contributed by atoms with Crippen LogP contribution in [0.15, 0.2) is 0 Å². The van der Waals surface area contributed by atoms with Gasteiger partial charge in [0, 0.05) is 6.54 Å². The third-order valence-corrected chi connectivity index (χ3v) is 1.28. The number of carbonyl (C=O) groups is 1. The maximum absolute atomic E-state index is 11.1. The minimum absolute atomic E-state index is 0.166. The number of carbonyl (C=O) groups excluding carboxylic acids is 1. The topological polar surface area (TPSA) is 93.9 Å². The highest BCUT2D eigenvalue weighted by molar-refractivity contribution is 5.88. The lowest BCUT2D eigenvalue weighted by Gasteiger charge is -1.97. The van der Waals surface area contributed by atoms with Crippen molar-refractivity contribution in [2.24, 2.45) is 5.73 Å². The van der Waals surface area contributed by atoms with E-state index in [-0.39, 0.29) is 12.2 Å². The molecule has 0 saturated heterocycles.